The van der Waals surface area contributed by atoms with Gasteiger partial charge in [-0.25, -0.2) is 0 Å². The van der Waals surface area contributed by atoms with E-state index in [1.807, 2.05) is 6.07 Å². The summed E-state index contributed by atoms with van der Waals surface area (Å²) in [4.78, 5) is 12.6. The van der Waals surface area contributed by atoms with Gasteiger partial charge in [0, 0.05) is 12.1 Å². The molecule has 6 nitrogen and oxygen atoms in total. The number of anilines is 1. The lowest BCUT2D eigenvalue weighted by Crippen LogP contribution is -2.14. The van der Waals surface area contributed by atoms with Crippen LogP contribution >= 0.6 is 23.2 Å². The highest BCUT2D eigenvalue weighted by molar-refractivity contribution is 6.32. The fraction of sp³-hybridized carbons (Fsp3) is 0.143. The molecule has 1 N–H and O–H groups in total. The number of ether oxygens (including phenoxy) is 3. The van der Waals surface area contributed by atoms with Crippen molar-refractivity contribution in [3.63, 3.8) is 0 Å². The van der Waals surface area contributed by atoms with Crippen LogP contribution in [0.5, 0.6) is 17.2 Å². The Kier molecular flexibility index (Phi) is 7.96. The molecule has 150 valence electrons. The molecule has 2 rings (SSSR count). The Hall–Kier alpha value is -3.14. The number of nitrogens with zero attached hydrogens (tertiary/aromatic N) is 1. The van der Waals surface area contributed by atoms with Gasteiger partial charge in [0.1, 0.15) is 35.5 Å². The molecule has 29 heavy (non-hydrogen) atoms. The summed E-state index contributed by atoms with van der Waals surface area (Å²) in [6, 6.07) is 9.82. The molecule has 0 aliphatic rings. The van der Waals surface area contributed by atoms with Crippen LogP contribution < -0.4 is 19.5 Å². The van der Waals surface area contributed by atoms with Crippen molar-refractivity contribution in [2.75, 3.05) is 26.1 Å². The van der Waals surface area contributed by atoms with Gasteiger partial charge in [0.15, 0.2) is 0 Å². The highest BCUT2D eigenvalue weighted by Gasteiger charge is 2.16. The number of rotatable bonds is 8. The summed E-state index contributed by atoms with van der Waals surface area (Å²) in [5.74, 6) is 0.531. The molecule has 0 spiro atoms. The van der Waals surface area contributed by atoms with Crippen molar-refractivity contribution in [2.45, 2.75) is 0 Å². The van der Waals surface area contributed by atoms with E-state index in [1.165, 1.54) is 32.4 Å². The van der Waals surface area contributed by atoms with Crippen molar-refractivity contribution >= 4 is 40.9 Å². The first-order valence-electron chi connectivity index (χ1n) is 8.31. The van der Waals surface area contributed by atoms with E-state index in [9.17, 15) is 10.1 Å². The highest BCUT2D eigenvalue weighted by Crippen LogP contribution is 2.36. The fourth-order valence-corrected chi connectivity index (χ4v) is 2.81. The van der Waals surface area contributed by atoms with E-state index in [0.29, 0.717) is 45.2 Å². The minimum Gasteiger partial charge on any atom is -0.495 e. The van der Waals surface area contributed by atoms with Crippen LogP contribution in [0, 0.1) is 11.3 Å². The molecule has 0 bridgehead atoms. The van der Waals surface area contributed by atoms with Crippen LogP contribution in [-0.4, -0.2) is 26.7 Å². The zero-order valence-electron chi connectivity index (χ0n) is 15.8. The number of carbonyl (C=O) groups excluding carboxylic acids is 1. The Balaban J connectivity index is 2.28. The third kappa shape index (κ3) is 5.67. The van der Waals surface area contributed by atoms with E-state index in [2.05, 4.69) is 11.9 Å². The molecule has 0 heterocycles. The number of hydrogen-bond acceptors (Lipinski definition) is 5. The first-order valence-corrected chi connectivity index (χ1v) is 9.07. The number of benzene rings is 2. The first kappa shape index (κ1) is 22.2. The molecule has 0 saturated carbocycles. The lowest BCUT2D eigenvalue weighted by atomic mass is 10.1. The van der Waals surface area contributed by atoms with Crippen LogP contribution in [0.2, 0.25) is 10.0 Å². The van der Waals surface area contributed by atoms with Gasteiger partial charge in [-0.1, -0.05) is 41.9 Å². The summed E-state index contributed by atoms with van der Waals surface area (Å²) in [5.41, 5.74) is 0.746. The van der Waals surface area contributed by atoms with Crippen LogP contribution in [0.4, 0.5) is 5.69 Å². The summed E-state index contributed by atoms with van der Waals surface area (Å²) in [6.07, 6.45) is 3.01. The molecule has 0 radical (unpaired) electrons. The number of nitriles is 1. The molecule has 1 amide bonds. The SMILES string of the molecule is C=CCOc1ccc(/C=C(\C#N)C(=O)Nc2cc(OC)c(Cl)cc2OC)cc1Cl. The van der Waals surface area contributed by atoms with Gasteiger partial charge in [-0.05, 0) is 23.8 Å². The van der Waals surface area contributed by atoms with E-state index >= 15 is 0 Å². The second kappa shape index (κ2) is 10.4. The number of methoxy groups -OCH3 is 2. The zero-order valence-corrected chi connectivity index (χ0v) is 17.3. The summed E-state index contributed by atoms with van der Waals surface area (Å²) in [7, 11) is 2.89. The molecular formula is C21H18Cl2N2O4. The van der Waals surface area contributed by atoms with E-state index in [4.69, 9.17) is 37.4 Å². The third-order valence-corrected chi connectivity index (χ3v) is 4.30. The molecular weight excluding hydrogens is 415 g/mol. The Labute approximate surface area is 178 Å². The summed E-state index contributed by atoms with van der Waals surface area (Å²) < 4.78 is 15.8. The first-order chi connectivity index (χ1) is 13.9. The standard InChI is InChI=1S/C21H18Cl2N2O4/c1-4-7-29-18-6-5-13(9-15(18)22)8-14(12-24)21(26)25-17-11-19(27-2)16(23)10-20(17)28-3/h4-6,8-11H,1,7H2,2-3H3,(H,25,26)/b14-8+. The average Bonchev–Trinajstić information content (AvgIpc) is 2.72. The van der Waals surface area contributed by atoms with Crippen molar-refractivity contribution in [3.05, 3.63) is 64.2 Å². The fourth-order valence-electron chi connectivity index (χ4n) is 2.34. The van der Waals surface area contributed by atoms with Crippen molar-refractivity contribution in [1.82, 2.24) is 0 Å². The summed E-state index contributed by atoms with van der Waals surface area (Å²) in [5, 5.41) is 12.7. The number of halogens is 2. The molecule has 8 heteroatoms. The Morgan fingerprint density at radius 2 is 1.83 bits per heavy atom. The maximum Gasteiger partial charge on any atom is 0.266 e. The molecule has 0 aliphatic carbocycles. The van der Waals surface area contributed by atoms with Gasteiger partial charge in [-0.2, -0.15) is 5.26 Å². The smallest absolute Gasteiger partial charge is 0.266 e. The average molecular weight is 433 g/mol. The van der Waals surface area contributed by atoms with Crippen LogP contribution in [0.25, 0.3) is 6.08 Å². The number of carbonyl (C=O) groups is 1. The predicted molar refractivity (Wildman–Crippen MR) is 114 cm³/mol. The Bertz CT molecular complexity index is 997. The van der Waals surface area contributed by atoms with Crippen molar-refractivity contribution in [1.29, 1.82) is 5.26 Å². The second-order valence-corrected chi connectivity index (χ2v) is 6.41. The van der Waals surface area contributed by atoms with Crippen LogP contribution in [0.1, 0.15) is 5.56 Å². The largest absolute Gasteiger partial charge is 0.495 e. The monoisotopic (exact) mass is 432 g/mol. The maximum absolute atomic E-state index is 12.6. The number of hydrogen-bond donors (Lipinski definition) is 1. The van der Waals surface area contributed by atoms with Gasteiger partial charge in [-0.3, -0.25) is 4.79 Å². The van der Waals surface area contributed by atoms with Crippen LogP contribution in [0.15, 0.2) is 48.6 Å². The van der Waals surface area contributed by atoms with Gasteiger partial charge < -0.3 is 19.5 Å². The number of amides is 1. The van der Waals surface area contributed by atoms with Crippen LogP contribution in [-0.2, 0) is 4.79 Å². The normalized spacial score (nSPS) is 10.7. The Morgan fingerprint density at radius 3 is 2.41 bits per heavy atom. The lowest BCUT2D eigenvalue weighted by Gasteiger charge is -2.13. The maximum atomic E-state index is 12.6. The van der Waals surface area contributed by atoms with E-state index < -0.39 is 5.91 Å². The molecule has 0 saturated heterocycles. The highest BCUT2D eigenvalue weighted by atomic mass is 35.5. The van der Waals surface area contributed by atoms with E-state index in [1.54, 1.807) is 24.3 Å². The van der Waals surface area contributed by atoms with Crippen molar-refractivity contribution in [3.8, 4) is 23.3 Å². The third-order valence-electron chi connectivity index (χ3n) is 3.71. The minimum atomic E-state index is -0.627. The van der Waals surface area contributed by atoms with Crippen molar-refractivity contribution in [2.24, 2.45) is 0 Å². The van der Waals surface area contributed by atoms with Gasteiger partial charge in [0.05, 0.1) is 30.0 Å². The number of nitrogens with one attached hydrogen (secondary N) is 1. The molecule has 0 aromatic heterocycles. The molecule has 0 fully saturated rings. The molecule has 2 aromatic carbocycles. The minimum absolute atomic E-state index is 0.128. The summed E-state index contributed by atoms with van der Waals surface area (Å²) >= 11 is 12.2. The molecule has 0 unspecified atom stereocenters. The molecule has 0 atom stereocenters. The topological polar surface area (TPSA) is 80.6 Å². The molecule has 0 aliphatic heterocycles. The van der Waals surface area contributed by atoms with Crippen LogP contribution in [0.3, 0.4) is 0 Å². The van der Waals surface area contributed by atoms with Gasteiger partial charge >= 0.3 is 0 Å². The van der Waals surface area contributed by atoms with Gasteiger partial charge in [-0.15, -0.1) is 0 Å². The Morgan fingerprint density at radius 1 is 1.14 bits per heavy atom. The zero-order chi connectivity index (χ0) is 21.4. The van der Waals surface area contributed by atoms with Gasteiger partial charge in [0.25, 0.3) is 5.91 Å². The lowest BCUT2D eigenvalue weighted by molar-refractivity contribution is -0.112. The van der Waals surface area contributed by atoms with Crippen molar-refractivity contribution < 1.29 is 19.0 Å². The molecule has 2 aromatic rings. The summed E-state index contributed by atoms with van der Waals surface area (Å²) in [6.45, 7) is 3.89. The predicted octanol–water partition coefficient (Wildman–Crippen LogP) is 5.12. The second-order valence-electron chi connectivity index (χ2n) is 5.60. The van der Waals surface area contributed by atoms with E-state index in [0.717, 1.165) is 0 Å². The van der Waals surface area contributed by atoms with E-state index in [-0.39, 0.29) is 5.57 Å². The quantitative estimate of drug-likeness (QED) is 0.355. The van der Waals surface area contributed by atoms with Gasteiger partial charge in [0.2, 0.25) is 0 Å².